The van der Waals surface area contributed by atoms with Gasteiger partial charge in [0.1, 0.15) is 0 Å². The molecule has 0 bridgehead atoms. The molecule has 1 atom stereocenters. The summed E-state index contributed by atoms with van der Waals surface area (Å²) in [5.74, 6) is 0.838. The standard InChI is InChI=1S/C19H32OSi/c1-4-21(5-2,6-3)20-19(18-13-10-14-18)16-15-17-11-8-7-9-12-17/h7-9,11-12,18-19H,4-6,10,13-16H2,1-3H3. The lowest BCUT2D eigenvalue weighted by molar-refractivity contribution is 0.0673. The third-order valence-corrected chi connectivity index (χ3v) is 10.2. The normalized spacial score (nSPS) is 17.5. The van der Waals surface area contributed by atoms with Gasteiger partial charge in [0.15, 0.2) is 8.32 Å². The second kappa shape index (κ2) is 8.14. The summed E-state index contributed by atoms with van der Waals surface area (Å²) in [4.78, 5) is 0. The van der Waals surface area contributed by atoms with Crippen molar-refractivity contribution < 1.29 is 4.43 Å². The van der Waals surface area contributed by atoms with E-state index in [0.717, 1.165) is 5.92 Å². The molecule has 0 saturated heterocycles. The highest BCUT2D eigenvalue weighted by molar-refractivity contribution is 6.73. The van der Waals surface area contributed by atoms with Crippen molar-refractivity contribution in [3.8, 4) is 0 Å². The highest BCUT2D eigenvalue weighted by Crippen LogP contribution is 2.36. The molecule has 0 amide bonds. The minimum atomic E-state index is -1.46. The SMILES string of the molecule is CC[Si](CC)(CC)OC(CCc1ccccc1)C1CCC1. The first-order valence-electron chi connectivity index (χ1n) is 8.94. The highest BCUT2D eigenvalue weighted by atomic mass is 28.4. The van der Waals surface area contributed by atoms with Gasteiger partial charge < -0.3 is 4.43 Å². The molecule has 1 aliphatic carbocycles. The van der Waals surface area contributed by atoms with E-state index in [1.54, 1.807) is 0 Å². The molecule has 1 fully saturated rings. The molecule has 2 heteroatoms. The zero-order chi connectivity index (χ0) is 15.1. The fourth-order valence-corrected chi connectivity index (χ4v) is 6.43. The molecule has 0 heterocycles. The highest BCUT2D eigenvalue weighted by Gasteiger charge is 2.36. The first kappa shape index (κ1) is 16.8. The molecule has 0 N–H and O–H groups in total. The number of aryl methyl sites for hydroxylation is 1. The Labute approximate surface area is 132 Å². The Morgan fingerprint density at radius 3 is 2.14 bits per heavy atom. The summed E-state index contributed by atoms with van der Waals surface area (Å²) in [6.45, 7) is 7.02. The fourth-order valence-electron chi connectivity index (χ4n) is 3.48. The molecule has 1 unspecified atom stereocenters. The molecule has 0 spiro atoms. The Morgan fingerprint density at radius 2 is 1.67 bits per heavy atom. The molecule has 118 valence electrons. The minimum Gasteiger partial charge on any atom is -0.414 e. The van der Waals surface area contributed by atoms with Gasteiger partial charge >= 0.3 is 0 Å². The summed E-state index contributed by atoms with van der Waals surface area (Å²) in [5.41, 5.74) is 1.46. The number of benzene rings is 1. The lowest BCUT2D eigenvalue weighted by Crippen LogP contribution is -2.44. The largest absolute Gasteiger partial charge is 0.414 e. The first-order chi connectivity index (χ1) is 10.2. The molecule has 2 rings (SSSR count). The smallest absolute Gasteiger partial charge is 0.192 e. The summed E-state index contributed by atoms with van der Waals surface area (Å²) >= 11 is 0. The van der Waals surface area contributed by atoms with Crippen LogP contribution in [-0.4, -0.2) is 14.4 Å². The Morgan fingerprint density at radius 1 is 1.05 bits per heavy atom. The van der Waals surface area contributed by atoms with Crippen molar-refractivity contribution in [1.29, 1.82) is 0 Å². The Hall–Kier alpha value is -0.603. The van der Waals surface area contributed by atoms with E-state index in [2.05, 4.69) is 51.1 Å². The van der Waals surface area contributed by atoms with E-state index in [0.29, 0.717) is 6.10 Å². The fraction of sp³-hybridized carbons (Fsp3) is 0.684. The van der Waals surface area contributed by atoms with E-state index in [1.165, 1.54) is 55.8 Å². The third kappa shape index (κ3) is 4.43. The molecule has 1 aliphatic rings. The van der Waals surface area contributed by atoms with E-state index in [-0.39, 0.29) is 0 Å². The van der Waals surface area contributed by atoms with Crippen LogP contribution < -0.4 is 0 Å². The van der Waals surface area contributed by atoms with E-state index < -0.39 is 8.32 Å². The average molecular weight is 305 g/mol. The quantitative estimate of drug-likeness (QED) is 0.523. The van der Waals surface area contributed by atoms with Gasteiger partial charge in [0.05, 0.1) is 0 Å². The monoisotopic (exact) mass is 304 g/mol. The summed E-state index contributed by atoms with van der Waals surface area (Å²) in [6.07, 6.45) is 7.09. The van der Waals surface area contributed by atoms with Crippen molar-refractivity contribution in [3.63, 3.8) is 0 Å². The molecule has 1 aromatic carbocycles. The van der Waals surface area contributed by atoms with Gasteiger partial charge in [-0.05, 0) is 55.3 Å². The molecule has 1 nitrogen and oxygen atoms in total. The molecule has 0 radical (unpaired) electrons. The van der Waals surface area contributed by atoms with Crippen molar-refractivity contribution >= 4 is 8.32 Å². The van der Waals surface area contributed by atoms with Crippen molar-refractivity contribution in [2.24, 2.45) is 5.92 Å². The van der Waals surface area contributed by atoms with Gasteiger partial charge in [0.2, 0.25) is 0 Å². The minimum absolute atomic E-state index is 0.519. The second-order valence-corrected chi connectivity index (χ2v) is 11.3. The first-order valence-corrected chi connectivity index (χ1v) is 11.5. The topological polar surface area (TPSA) is 9.23 Å². The predicted molar refractivity (Wildman–Crippen MR) is 94.2 cm³/mol. The van der Waals surface area contributed by atoms with Crippen LogP contribution in [0, 0.1) is 5.92 Å². The van der Waals surface area contributed by atoms with Crippen LogP contribution in [0.2, 0.25) is 18.1 Å². The maximum Gasteiger partial charge on any atom is 0.192 e. The van der Waals surface area contributed by atoms with Crippen LogP contribution in [0.3, 0.4) is 0 Å². The summed E-state index contributed by atoms with van der Waals surface area (Å²) < 4.78 is 6.85. The zero-order valence-corrected chi connectivity index (χ0v) is 15.1. The van der Waals surface area contributed by atoms with Crippen LogP contribution in [0.4, 0.5) is 0 Å². The zero-order valence-electron chi connectivity index (χ0n) is 14.1. The van der Waals surface area contributed by atoms with Gasteiger partial charge in [0, 0.05) is 6.10 Å². The maximum absolute atomic E-state index is 6.85. The lowest BCUT2D eigenvalue weighted by atomic mass is 9.79. The summed E-state index contributed by atoms with van der Waals surface area (Å²) in [7, 11) is -1.46. The van der Waals surface area contributed by atoms with Gasteiger partial charge in [-0.15, -0.1) is 0 Å². The molecular weight excluding hydrogens is 272 g/mol. The van der Waals surface area contributed by atoms with Crippen molar-refractivity contribution in [2.45, 2.75) is 77.1 Å². The number of rotatable bonds is 9. The summed E-state index contributed by atoms with van der Waals surface area (Å²) in [5, 5.41) is 0. The van der Waals surface area contributed by atoms with Crippen molar-refractivity contribution in [1.82, 2.24) is 0 Å². The molecule has 21 heavy (non-hydrogen) atoms. The van der Waals surface area contributed by atoms with Crippen molar-refractivity contribution in [3.05, 3.63) is 35.9 Å². The van der Waals surface area contributed by atoms with Crippen LogP contribution in [0.1, 0.15) is 52.0 Å². The van der Waals surface area contributed by atoms with Crippen LogP contribution in [0.5, 0.6) is 0 Å². The maximum atomic E-state index is 6.85. The molecule has 1 saturated carbocycles. The van der Waals surface area contributed by atoms with E-state index >= 15 is 0 Å². The van der Waals surface area contributed by atoms with E-state index in [1.807, 2.05) is 0 Å². The number of hydrogen-bond donors (Lipinski definition) is 0. The van der Waals surface area contributed by atoms with Gasteiger partial charge in [-0.25, -0.2) is 0 Å². The van der Waals surface area contributed by atoms with Crippen molar-refractivity contribution in [2.75, 3.05) is 0 Å². The summed E-state index contributed by atoms with van der Waals surface area (Å²) in [6, 6.07) is 14.7. The van der Waals surface area contributed by atoms with Gasteiger partial charge in [-0.2, -0.15) is 0 Å². The molecule has 0 aliphatic heterocycles. The molecule has 0 aromatic heterocycles. The van der Waals surface area contributed by atoms with Gasteiger partial charge in [0.25, 0.3) is 0 Å². The van der Waals surface area contributed by atoms with Crippen LogP contribution in [0.15, 0.2) is 30.3 Å². The van der Waals surface area contributed by atoms with E-state index in [4.69, 9.17) is 4.43 Å². The Bertz CT molecular complexity index is 387. The van der Waals surface area contributed by atoms with Gasteiger partial charge in [-0.3, -0.25) is 0 Å². The Kier molecular flexibility index (Phi) is 6.50. The van der Waals surface area contributed by atoms with Crippen LogP contribution >= 0.6 is 0 Å². The van der Waals surface area contributed by atoms with Crippen LogP contribution in [-0.2, 0) is 10.8 Å². The predicted octanol–water partition coefficient (Wildman–Crippen LogP) is 5.81. The Balaban J connectivity index is 1.97. The second-order valence-electron chi connectivity index (χ2n) is 6.62. The van der Waals surface area contributed by atoms with E-state index in [9.17, 15) is 0 Å². The number of hydrogen-bond acceptors (Lipinski definition) is 1. The lowest BCUT2D eigenvalue weighted by Gasteiger charge is -2.40. The average Bonchev–Trinajstić information content (AvgIpc) is 2.49. The molecular formula is C19H32OSi. The molecule has 1 aromatic rings. The van der Waals surface area contributed by atoms with Crippen LogP contribution in [0.25, 0.3) is 0 Å². The third-order valence-electron chi connectivity index (χ3n) is 5.57. The van der Waals surface area contributed by atoms with Gasteiger partial charge in [-0.1, -0.05) is 57.5 Å².